The van der Waals surface area contributed by atoms with Crippen LogP contribution in [0.1, 0.15) is 69.3 Å². The van der Waals surface area contributed by atoms with Crippen LogP contribution >= 0.6 is 0 Å². The van der Waals surface area contributed by atoms with Gasteiger partial charge in [-0.25, -0.2) is 4.98 Å². The standard InChI is InChI=1S/C15H25N3O/c1-2-9-16-11-13-10-14(19)18-15(17-13)12-7-5-3-4-6-8-12/h10,12,16H,2-9,11H2,1H3,(H,17,18,19). The lowest BCUT2D eigenvalue weighted by Crippen LogP contribution is -2.20. The Labute approximate surface area is 115 Å². The maximum atomic E-state index is 11.7. The highest BCUT2D eigenvalue weighted by Crippen LogP contribution is 2.29. The number of nitrogens with one attached hydrogen (secondary N) is 2. The lowest BCUT2D eigenvalue weighted by molar-refractivity contribution is 0.551. The fourth-order valence-electron chi connectivity index (χ4n) is 2.76. The van der Waals surface area contributed by atoms with Crippen molar-refractivity contribution in [3.63, 3.8) is 0 Å². The van der Waals surface area contributed by atoms with Crippen LogP contribution in [0.3, 0.4) is 0 Å². The van der Waals surface area contributed by atoms with Gasteiger partial charge in [-0.1, -0.05) is 32.6 Å². The molecule has 0 amide bonds. The van der Waals surface area contributed by atoms with Crippen molar-refractivity contribution in [3.05, 3.63) is 27.9 Å². The Hall–Kier alpha value is -1.16. The number of aromatic nitrogens is 2. The highest BCUT2D eigenvalue weighted by Gasteiger charge is 2.17. The highest BCUT2D eigenvalue weighted by molar-refractivity contribution is 5.06. The molecule has 4 nitrogen and oxygen atoms in total. The van der Waals surface area contributed by atoms with Crippen LogP contribution in [0.4, 0.5) is 0 Å². The molecule has 1 heterocycles. The van der Waals surface area contributed by atoms with Gasteiger partial charge >= 0.3 is 0 Å². The number of hydrogen-bond acceptors (Lipinski definition) is 3. The van der Waals surface area contributed by atoms with E-state index in [9.17, 15) is 4.79 Å². The Morgan fingerprint density at radius 2 is 2.05 bits per heavy atom. The highest BCUT2D eigenvalue weighted by atomic mass is 16.1. The molecule has 1 fully saturated rings. The second-order valence-corrected chi connectivity index (χ2v) is 5.49. The molecule has 0 aliphatic heterocycles. The number of hydrogen-bond donors (Lipinski definition) is 2. The molecule has 0 saturated heterocycles. The van der Waals surface area contributed by atoms with Crippen molar-refractivity contribution >= 4 is 0 Å². The van der Waals surface area contributed by atoms with Crippen molar-refractivity contribution in [2.24, 2.45) is 0 Å². The Morgan fingerprint density at radius 1 is 1.32 bits per heavy atom. The average Bonchev–Trinajstić information content (AvgIpc) is 2.67. The summed E-state index contributed by atoms with van der Waals surface area (Å²) in [7, 11) is 0. The largest absolute Gasteiger partial charge is 0.311 e. The van der Waals surface area contributed by atoms with Gasteiger partial charge in [-0.3, -0.25) is 4.79 Å². The van der Waals surface area contributed by atoms with Crippen LogP contribution in [0, 0.1) is 0 Å². The fraction of sp³-hybridized carbons (Fsp3) is 0.733. The molecule has 2 N–H and O–H groups in total. The summed E-state index contributed by atoms with van der Waals surface area (Å²) in [6, 6.07) is 1.61. The molecule has 0 radical (unpaired) electrons. The van der Waals surface area contributed by atoms with Gasteiger partial charge in [0.15, 0.2) is 0 Å². The van der Waals surface area contributed by atoms with E-state index in [-0.39, 0.29) is 5.56 Å². The zero-order chi connectivity index (χ0) is 13.5. The van der Waals surface area contributed by atoms with Crippen LogP contribution in [0.5, 0.6) is 0 Å². The van der Waals surface area contributed by atoms with Gasteiger partial charge in [-0.05, 0) is 25.8 Å². The molecule has 1 aliphatic carbocycles. The third kappa shape index (κ3) is 4.46. The number of rotatable bonds is 5. The van der Waals surface area contributed by atoms with E-state index in [0.29, 0.717) is 12.5 Å². The minimum absolute atomic E-state index is 0.0115. The van der Waals surface area contributed by atoms with Crippen molar-refractivity contribution < 1.29 is 0 Å². The monoisotopic (exact) mass is 263 g/mol. The first kappa shape index (κ1) is 14.3. The zero-order valence-corrected chi connectivity index (χ0v) is 11.9. The Morgan fingerprint density at radius 3 is 2.74 bits per heavy atom. The van der Waals surface area contributed by atoms with E-state index >= 15 is 0 Å². The lowest BCUT2D eigenvalue weighted by Gasteiger charge is -2.14. The molecule has 0 bridgehead atoms. The molecule has 1 aromatic heterocycles. The van der Waals surface area contributed by atoms with Crippen LogP contribution in [0.2, 0.25) is 0 Å². The van der Waals surface area contributed by atoms with E-state index in [1.165, 1.54) is 25.7 Å². The van der Waals surface area contributed by atoms with E-state index < -0.39 is 0 Å². The predicted octanol–water partition coefficient (Wildman–Crippen LogP) is 2.71. The summed E-state index contributed by atoms with van der Waals surface area (Å²) >= 11 is 0. The molecule has 1 aromatic rings. The molecular weight excluding hydrogens is 238 g/mol. The molecule has 0 unspecified atom stereocenters. The summed E-state index contributed by atoms with van der Waals surface area (Å²) in [5.74, 6) is 1.35. The molecule has 19 heavy (non-hydrogen) atoms. The summed E-state index contributed by atoms with van der Waals surface area (Å²) in [6.45, 7) is 3.79. The fourth-order valence-corrected chi connectivity index (χ4v) is 2.76. The zero-order valence-electron chi connectivity index (χ0n) is 11.9. The molecule has 4 heteroatoms. The Kier molecular flexibility index (Phi) is 5.58. The van der Waals surface area contributed by atoms with E-state index in [1.54, 1.807) is 6.07 Å². The smallest absolute Gasteiger partial charge is 0.251 e. The average molecular weight is 263 g/mol. The van der Waals surface area contributed by atoms with Gasteiger partial charge in [0.1, 0.15) is 5.82 Å². The van der Waals surface area contributed by atoms with Crippen molar-refractivity contribution in [2.45, 2.75) is 64.3 Å². The van der Waals surface area contributed by atoms with Crippen LogP contribution in [0.15, 0.2) is 10.9 Å². The van der Waals surface area contributed by atoms with Gasteiger partial charge < -0.3 is 10.3 Å². The van der Waals surface area contributed by atoms with Gasteiger partial charge in [-0.15, -0.1) is 0 Å². The quantitative estimate of drug-likeness (QED) is 0.634. The van der Waals surface area contributed by atoms with Crippen molar-refractivity contribution in [1.82, 2.24) is 15.3 Å². The minimum Gasteiger partial charge on any atom is -0.311 e. The molecule has 2 rings (SSSR count). The predicted molar refractivity (Wildman–Crippen MR) is 77.3 cm³/mol. The van der Waals surface area contributed by atoms with Crippen molar-refractivity contribution in [3.8, 4) is 0 Å². The van der Waals surface area contributed by atoms with E-state index in [0.717, 1.165) is 37.3 Å². The Bertz CT molecular complexity index is 433. The topological polar surface area (TPSA) is 57.8 Å². The van der Waals surface area contributed by atoms with Crippen molar-refractivity contribution in [1.29, 1.82) is 0 Å². The molecular formula is C15H25N3O. The summed E-state index contributed by atoms with van der Waals surface area (Å²) in [4.78, 5) is 19.3. The number of aromatic amines is 1. The van der Waals surface area contributed by atoms with E-state index in [4.69, 9.17) is 0 Å². The minimum atomic E-state index is -0.0115. The lowest BCUT2D eigenvalue weighted by atomic mass is 9.99. The van der Waals surface area contributed by atoms with E-state index in [2.05, 4.69) is 22.2 Å². The van der Waals surface area contributed by atoms with Gasteiger partial charge in [0.25, 0.3) is 5.56 Å². The molecule has 0 aromatic carbocycles. The van der Waals surface area contributed by atoms with Gasteiger partial charge in [0, 0.05) is 18.5 Å². The van der Waals surface area contributed by atoms with Crippen LogP contribution < -0.4 is 10.9 Å². The summed E-state index contributed by atoms with van der Waals surface area (Å²) < 4.78 is 0. The maximum Gasteiger partial charge on any atom is 0.251 e. The van der Waals surface area contributed by atoms with Gasteiger partial charge in [0.05, 0.1) is 5.69 Å². The van der Waals surface area contributed by atoms with Gasteiger partial charge in [0.2, 0.25) is 0 Å². The second kappa shape index (κ2) is 7.43. The normalized spacial score (nSPS) is 17.3. The van der Waals surface area contributed by atoms with Crippen LogP contribution in [-0.4, -0.2) is 16.5 Å². The number of H-pyrrole nitrogens is 1. The molecule has 1 aliphatic rings. The first-order valence-corrected chi connectivity index (χ1v) is 7.60. The second-order valence-electron chi connectivity index (χ2n) is 5.49. The Balaban J connectivity index is 2.08. The molecule has 106 valence electrons. The van der Waals surface area contributed by atoms with E-state index in [1.807, 2.05) is 0 Å². The molecule has 1 saturated carbocycles. The first-order chi connectivity index (χ1) is 9.29. The first-order valence-electron chi connectivity index (χ1n) is 7.60. The maximum absolute atomic E-state index is 11.7. The van der Waals surface area contributed by atoms with Gasteiger partial charge in [-0.2, -0.15) is 0 Å². The summed E-state index contributed by atoms with van der Waals surface area (Å²) in [5, 5.41) is 3.31. The van der Waals surface area contributed by atoms with Crippen LogP contribution in [-0.2, 0) is 6.54 Å². The van der Waals surface area contributed by atoms with Crippen molar-refractivity contribution in [2.75, 3.05) is 6.54 Å². The summed E-state index contributed by atoms with van der Waals surface area (Å²) in [6.07, 6.45) is 8.57. The molecule has 0 spiro atoms. The van der Waals surface area contributed by atoms with Crippen LogP contribution in [0.25, 0.3) is 0 Å². The third-order valence-corrected chi connectivity index (χ3v) is 3.79. The molecule has 0 atom stereocenters. The number of nitrogens with zero attached hydrogens (tertiary/aromatic N) is 1. The summed E-state index contributed by atoms with van der Waals surface area (Å²) in [5.41, 5.74) is 0.860. The third-order valence-electron chi connectivity index (χ3n) is 3.79. The SMILES string of the molecule is CCCNCc1cc(=O)[nH]c(C2CCCCCC2)n1.